The molecule has 0 radical (unpaired) electrons. The van der Waals surface area contributed by atoms with Crippen molar-refractivity contribution in [2.75, 3.05) is 11.4 Å². The molecule has 0 N–H and O–H groups in total. The molecule has 1 aromatic carbocycles. The third-order valence-corrected chi connectivity index (χ3v) is 3.72. The van der Waals surface area contributed by atoms with Crippen LogP contribution in [0.1, 0.15) is 25.3 Å². The SMILES string of the molecule is Cc1cccc(N2CCCC(C(=O)C(C)C#N)C2=O)c1. The molecule has 1 aliphatic heterocycles. The van der Waals surface area contributed by atoms with Gasteiger partial charge in [0.1, 0.15) is 5.92 Å². The fraction of sp³-hybridized carbons (Fsp3) is 0.438. The van der Waals surface area contributed by atoms with Crippen molar-refractivity contribution >= 4 is 17.4 Å². The first-order valence-corrected chi connectivity index (χ1v) is 6.86. The Morgan fingerprint density at radius 1 is 1.50 bits per heavy atom. The number of Topliss-reactive ketones (excluding diaryl/α,β-unsaturated/α-hetero) is 1. The molecular weight excluding hydrogens is 252 g/mol. The minimum Gasteiger partial charge on any atom is -0.312 e. The second kappa shape index (κ2) is 5.87. The summed E-state index contributed by atoms with van der Waals surface area (Å²) in [5.41, 5.74) is 1.91. The molecule has 20 heavy (non-hydrogen) atoms. The van der Waals surface area contributed by atoms with Crippen molar-refractivity contribution in [3.05, 3.63) is 29.8 Å². The fourth-order valence-corrected chi connectivity index (χ4v) is 2.56. The molecule has 1 amide bonds. The van der Waals surface area contributed by atoms with Crippen molar-refractivity contribution in [2.45, 2.75) is 26.7 Å². The van der Waals surface area contributed by atoms with E-state index in [2.05, 4.69) is 0 Å². The lowest BCUT2D eigenvalue weighted by molar-refractivity contribution is -0.135. The normalized spacial score (nSPS) is 20.4. The molecule has 2 atom stereocenters. The van der Waals surface area contributed by atoms with Gasteiger partial charge < -0.3 is 4.90 Å². The Hall–Kier alpha value is -2.15. The number of benzene rings is 1. The molecule has 0 bridgehead atoms. The van der Waals surface area contributed by atoms with Crippen molar-refractivity contribution in [3.8, 4) is 6.07 Å². The van der Waals surface area contributed by atoms with Crippen molar-refractivity contribution in [1.82, 2.24) is 0 Å². The molecule has 0 saturated carbocycles. The first-order chi connectivity index (χ1) is 9.54. The van der Waals surface area contributed by atoms with Crippen LogP contribution in [-0.4, -0.2) is 18.2 Å². The van der Waals surface area contributed by atoms with E-state index in [9.17, 15) is 9.59 Å². The molecule has 0 aromatic heterocycles. The summed E-state index contributed by atoms with van der Waals surface area (Å²) in [6.45, 7) is 4.16. The van der Waals surface area contributed by atoms with Crippen LogP contribution in [0.4, 0.5) is 5.69 Å². The van der Waals surface area contributed by atoms with E-state index in [-0.39, 0.29) is 11.7 Å². The Kier molecular flexibility index (Phi) is 4.19. The minimum atomic E-state index is -0.721. The van der Waals surface area contributed by atoms with Crippen molar-refractivity contribution < 1.29 is 9.59 Å². The maximum atomic E-state index is 12.5. The van der Waals surface area contributed by atoms with Gasteiger partial charge in [-0.25, -0.2) is 0 Å². The van der Waals surface area contributed by atoms with Gasteiger partial charge in [0.25, 0.3) is 0 Å². The van der Waals surface area contributed by atoms with Gasteiger partial charge in [0.2, 0.25) is 5.91 Å². The number of rotatable bonds is 3. The Balaban J connectivity index is 2.23. The number of nitrogens with zero attached hydrogens (tertiary/aromatic N) is 2. The maximum absolute atomic E-state index is 12.5. The summed E-state index contributed by atoms with van der Waals surface area (Å²) < 4.78 is 0. The van der Waals surface area contributed by atoms with Gasteiger partial charge in [0.05, 0.1) is 12.0 Å². The third-order valence-electron chi connectivity index (χ3n) is 3.72. The van der Waals surface area contributed by atoms with E-state index < -0.39 is 11.8 Å². The molecule has 2 rings (SSSR count). The summed E-state index contributed by atoms with van der Waals surface area (Å²) in [5, 5.41) is 8.85. The Morgan fingerprint density at radius 3 is 2.90 bits per heavy atom. The van der Waals surface area contributed by atoms with Crippen LogP contribution >= 0.6 is 0 Å². The van der Waals surface area contributed by atoms with Crippen molar-refractivity contribution in [3.63, 3.8) is 0 Å². The van der Waals surface area contributed by atoms with Gasteiger partial charge in [-0.3, -0.25) is 9.59 Å². The smallest absolute Gasteiger partial charge is 0.237 e. The van der Waals surface area contributed by atoms with E-state index in [1.165, 1.54) is 0 Å². The van der Waals surface area contributed by atoms with Crippen LogP contribution in [0.2, 0.25) is 0 Å². The van der Waals surface area contributed by atoms with Crippen molar-refractivity contribution in [1.29, 1.82) is 5.26 Å². The van der Waals surface area contributed by atoms with Crippen LogP contribution in [0.3, 0.4) is 0 Å². The number of anilines is 1. The first kappa shape index (κ1) is 14.3. The van der Waals surface area contributed by atoms with Gasteiger partial charge >= 0.3 is 0 Å². The highest BCUT2D eigenvalue weighted by atomic mass is 16.2. The van der Waals surface area contributed by atoms with Crippen LogP contribution in [-0.2, 0) is 9.59 Å². The molecule has 1 fully saturated rings. The van der Waals surface area contributed by atoms with E-state index in [0.29, 0.717) is 13.0 Å². The van der Waals surface area contributed by atoms with E-state index in [1.807, 2.05) is 37.3 Å². The average Bonchev–Trinajstić information content (AvgIpc) is 2.46. The number of piperidine rings is 1. The summed E-state index contributed by atoms with van der Waals surface area (Å²) in [5.74, 6) is -1.82. The number of nitriles is 1. The lowest BCUT2D eigenvalue weighted by Crippen LogP contribution is -2.45. The molecule has 4 nitrogen and oxygen atoms in total. The molecule has 1 aliphatic rings. The maximum Gasteiger partial charge on any atom is 0.237 e. The minimum absolute atomic E-state index is 0.172. The molecule has 0 spiro atoms. The fourth-order valence-electron chi connectivity index (χ4n) is 2.56. The van der Waals surface area contributed by atoms with Crippen LogP contribution in [0.5, 0.6) is 0 Å². The second-order valence-electron chi connectivity index (χ2n) is 5.28. The molecule has 0 aliphatic carbocycles. The number of aryl methyl sites for hydroxylation is 1. The summed E-state index contributed by atoms with van der Waals surface area (Å²) in [6.07, 6.45) is 1.33. The topological polar surface area (TPSA) is 61.2 Å². The number of carbonyl (C=O) groups excluding carboxylic acids is 2. The van der Waals surface area contributed by atoms with Gasteiger partial charge in [-0.2, -0.15) is 5.26 Å². The zero-order valence-corrected chi connectivity index (χ0v) is 11.8. The monoisotopic (exact) mass is 270 g/mol. The zero-order valence-electron chi connectivity index (χ0n) is 11.8. The zero-order chi connectivity index (χ0) is 14.7. The van der Waals surface area contributed by atoms with Gasteiger partial charge in [-0.05, 0) is 44.4 Å². The predicted octanol–water partition coefficient (Wildman–Crippen LogP) is 2.47. The Morgan fingerprint density at radius 2 is 2.25 bits per heavy atom. The van der Waals surface area contributed by atoms with Crippen LogP contribution in [0.25, 0.3) is 0 Å². The molecule has 1 aromatic rings. The molecule has 1 saturated heterocycles. The summed E-state index contributed by atoms with van der Waals surface area (Å²) in [6, 6.07) is 9.62. The summed E-state index contributed by atoms with van der Waals surface area (Å²) >= 11 is 0. The highest BCUT2D eigenvalue weighted by Gasteiger charge is 2.36. The molecule has 2 unspecified atom stereocenters. The van der Waals surface area contributed by atoms with Gasteiger partial charge in [0, 0.05) is 12.2 Å². The quantitative estimate of drug-likeness (QED) is 0.793. The number of ketones is 1. The largest absolute Gasteiger partial charge is 0.312 e. The lowest BCUT2D eigenvalue weighted by Gasteiger charge is -2.32. The van der Waals surface area contributed by atoms with Gasteiger partial charge in [-0.15, -0.1) is 0 Å². The predicted molar refractivity (Wildman–Crippen MR) is 76.0 cm³/mol. The standard InChI is InChI=1S/C16H18N2O2/c1-11-5-3-6-13(9-11)18-8-4-7-14(16(18)20)15(19)12(2)10-17/h3,5-6,9,12,14H,4,7-8H2,1-2H3. The van der Waals surface area contributed by atoms with Crippen LogP contribution < -0.4 is 4.90 Å². The second-order valence-corrected chi connectivity index (χ2v) is 5.28. The number of amides is 1. The van der Waals surface area contributed by atoms with Crippen LogP contribution in [0, 0.1) is 30.1 Å². The third kappa shape index (κ3) is 2.72. The van der Waals surface area contributed by atoms with E-state index in [4.69, 9.17) is 5.26 Å². The Bertz CT molecular complexity index is 574. The first-order valence-electron chi connectivity index (χ1n) is 6.86. The van der Waals surface area contributed by atoms with Gasteiger partial charge in [-0.1, -0.05) is 12.1 Å². The summed E-state index contributed by atoms with van der Waals surface area (Å²) in [7, 11) is 0. The molecule has 4 heteroatoms. The van der Waals surface area contributed by atoms with Crippen LogP contribution in [0.15, 0.2) is 24.3 Å². The Labute approximate surface area is 119 Å². The van der Waals surface area contributed by atoms with Crippen molar-refractivity contribution in [2.24, 2.45) is 11.8 Å². The van der Waals surface area contributed by atoms with E-state index in [0.717, 1.165) is 17.7 Å². The molecule has 104 valence electrons. The highest BCUT2D eigenvalue weighted by molar-refractivity contribution is 6.10. The van der Waals surface area contributed by atoms with E-state index >= 15 is 0 Å². The lowest BCUT2D eigenvalue weighted by atomic mass is 9.87. The van der Waals surface area contributed by atoms with Gasteiger partial charge in [0.15, 0.2) is 5.78 Å². The highest BCUT2D eigenvalue weighted by Crippen LogP contribution is 2.27. The molecule has 1 heterocycles. The number of hydrogen-bond acceptors (Lipinski definition) is 3. The molecular formula is C16H18N2O2. The number of carbonyl (C=O) groups is 2. The average molecular weight is 270 g/mol. The summed E-state index contributed by atoms with van der Waals surface area (Å²) in [4.78, 5) is 26.3. The van der Waals surface area contributed by atoms with E-state index in [1.54, 1.807) is 11.8 Å². The number of hydrogen-bond donors (Lipinski definition) is 0.